The highest BCUT2D eigenvalue weighted by Gasteiger charge is 2.21. The van der Waals surface area contributed by atoms with Crippen LogP contribution in [-0.2, 0) is 6.42 Å². The Bertz CT molecular complexity index is 629. The van der Waals surface area contributed by atoms with Crippen molar-refractivity contribution in [1.82, 2.24) is 5.32 Å². The van der Waals surface area contributed by atoms with Crippen molar-refractivity contribution in [2.75, 3.05) is 0 Å². The Labute approximate surface area is 128 Å². The highest BCUT2D eigenvalue weighted by Crippen LogP contribution is 2.31. The number of hydrogen-bond acceptors (Lipinski definition) is 1. The van der Waals surface area contributed by atoms with Crippen LogP contribution in [0, 0.1) is 13.8 Å². The predicted octanol–water partition coefficient (Wildman–Crippen LogP) is 5.03. The monoisotopic (exact) mass is 279 g/mol. The Morgan fingerprint density at radius 3 is 2.67 bits per heavy atom. The SMILES string of the molecule is Cc1ccc(C(C)NC2CCCc3ccccc32)cc1C. The molecule has 0 spiro atoms. The lowest BCUT2D eigenvalue weighted by Gasteiger charge is -2.29. The molecule has 2 aromatic rings. The van der Waals surface area contributed by atoms with Gasteiger partial charge in [0.15, 0.2) is 0 Å². The molecule has 0 fully saturated rings. The molecule has 1 heteroatoms. The summed E-state index contributed by atoms with van der Waals surface area (Å²) in [5.74, 6) is 0. The van der Waals surface area contributed by atoms with Crippen molar-refractivity contribution in [2.45, 2.75) is 52.1 Å². The van der Waals surface area contributed by atoms with Crippen molar-refractivity contribution >= 4 is 0 Å². The van der Waals surface area contributed by atoms with Gasteiger partial charge in [0, 0.05) is 12.1 Å². The molecule has 1 aliphatic rings. The Morgan fingerprint density at radius 2 is 1.86 bits per heavy atom. The molecule has 2 unspecified atom stereocenters. The largest absolute Gasteiger partial charge is 0.303 e. The summed E-state index contributed by atoms with van der Waals surface area (Å²) in [4.78, 5) is 0. The highest BCUT2D eigenvalue weighted by atomic mass is 14.9. The Kier molecular flexibility index (Phi) is 4.12. The third kappa shape index (κ3) is 3.03. The van der Waals surface area contributed by atoms with Crippen LogP contribution in [0.2, 0.25) is 0 Å². The number of aryl methyl sites for hydroxylation is 3. The number of hydrogen-bond donors (Lipinski definition) is 1. The molecule has 0 amide bonds. The molecule has 0 aromatic heterocycles. The normalized spacial score (nSPS) is 19.1. The van der Waals surface area contributed by atoms with Gasteiger partial charge in [-0.15, -0.1) is 0 Å². The van der Waals surface area contributed by atoms with E-state index in [4.69, 9.17) is 0 Å². The van der Waals surface area contributed by atoms with Crippen molar-refractivity contribution < 1.29 is 0 Å². The molecule has 2 aromatic carbocycles. The van der Waals surface area contributed by atoms with Crippen LogP contribution in [0.4, 0.5) is 0 Å². The average molecular weight is 279 g/mol. The van der Waals surface area contributed by atoms with Gasteiger partial charge in [0.05, 0.1) is 0 Å². The maximum absolute atomic E-state index is 3.84. The minimum absolute atomic E-state index is 0.389. The smallest absolute Gasteiger partial charge is 0.0328 e. The fourth-order valence-corrected chi connectivity index (χ4v) is 3.36. The number of rotatable bonds is 3. The van der Waals surface area contributed by atoms with Gasteiger partial charge in [-0.3, -0.25) is 0 Å². The van der Waals surface area contributed by atoms with Gasteiger partial charge in [-0.1, -0.05) is 42.5 Å². The number of fused-ring (bicyclic) bond motifs is 1. The van der Waals surface area contributed by atoms with Crippen molar-refractivity contribution in [3.8, 4) is 0 Å². The van der Waals surface area contributed by atoms with E-state index in [1.165, 1.54) is 47.1 Å². The van der Waals surface area contributed by atoms with E-state index in [0.717, 1.165) is 0 Å². The van der Waals surface area contributed by atoms with E-state index in [-0.39, 0.29) is 0 Å². The molecule has 0 radical (unpaired) electrons. The van der Waals surface area contributed by atoms with Crippen molar-refractivity contribution in [3.05, 3.63) is 70.3 Å². The van der Waals surface area contributed by atoms with Crippen LogP contribution in [0.15, 0.2) is 42.5 Å². The molecular formula is C20H25N. The van der Waals surface area contributed by atoms with Crippen molar-refractivity contribution in [3.63, 3.8) is 0 Å². The lowest BCUT2D eigenvalue weighted by molar-refractivity contribution is 0.415. The Hall–Kier alpha value is -1.60. The van der Waals surface area contributed by atoms with Crippen molar-refractivity contribution in [1.29, 1.82) is 0 Å². The molecule has 0 heterocycles. The number of nitrogens with one attached hydrogen (secondary N) is 1. The van der Waals surface area contributed by atoms with E-state index in [9.17, 15) is 0 Å². The van der Waals surface area contributed by atoms with Crippen LogP contribution in [0.3, 0.4) is 0 Å². The quantitative estimate of drug-likeness (QED) is 0.830. The van der Waals surface area contributed by atoms with Crippen LogP contribution in [0.5, 0.6) is 0 Å². The Balaban J connectivity index is 1.79. The first-order valence-corrected chi connectivity index (χ1v) is 8.06. The van der Waals surface area contributed by atoms with Crippen LogP contribution >= 0.6 is 0 Å². The fraction of sp³-hybridized carbons (Fsp3) is 0.400. The van der Waals surface area contributed by atoms with Crippen LogP contribution < -0.4 is 5.32 Å². The van der Waals surface area contributed by atoms with Gasteiger partial charge in [0.1, 0.15) is 0 Å². The first-order chi connectivity index (χ1) is 10.1. The molecule has 1 nitrogen and oxygen atoms in total. The topological polar surface area (TPSA) is 12.0 Å². The summed E-state index contributed by atoms with van der Waals surface area (Å²) in [7, 11) is 0. The van der Waals surface area contributed by atoms with Crippen LogP contribution in [-0.4, -0.2) is 0 Å². The van der Waals surface area contributed by atoms with E-state index in [0.29, 0.717) is 12.1 Å². The first-order valence-electron chi connectivity index (χ1n) is 8.06. The number of benzene rings is 2. The lowest BCUT2D eigenvalue weighted by atomic mass is 9.87. The Morgan fingerprint density at radius 1 is 1.05 bits per heavy atom. The first kappa shape index (κ1) is 14.3. The van der Waals surface area contributed by atoms with Gasteiger partial charge < -0.3 is 5.32 Å². The highest BCUT2D eigenvalue weighted by molar-refractivity contribution is 5.34. The fourth-order valence-electron chi connectivity index (χ4n) is 3.36. The zero-order valence-electron chi connectivity index (χ0n) is 13.3. The summed E-state index contributed by atoms with van der Waals surface area (Å²) in [5.41, 5.74) is 7.16. The molecule has 3 rings (SSSR count). The molecule has 110 valence electrons. The average Bonchev–Trinajstić information content (AvgIpc) is 2.50. The van der Waals surface area contributed by atoms with Gasteiger partial charge in [-0.25, -0.2) is 0 Å². The second kappa shape index (κ2) is 6.03. The summed E-state index contributed by atoms with van der Waals surface area (Å²) < 4.78 is 0. The van der Waals surface area contributed by atoms with Crippen LogP contribution in [0.1, 0.15) is 59.7 Å². The van der Waals surface area contributed by atoms with Gasteiger partial charge in [0.2, 0.25) is 0 Å². The second-order valence-corrected chi connectivity index (χ2v) is 6.38. The lowest BCUT2D eigenvalue weighted by Crippen LogP contribution is -2.27. The summed E-state index contributed by atoms with van der Waals surface area (Å²) >= 11 is 0. The summed E-state index contributed by atoms with van der Waals surface area (Å²) in [6.45, 7) is 6.65. The molecule has 0 bridgehead atoms. The molecule has 1 N–H and O–H groups in total. The van der Waals surface area contributed by atoms with Gasteiger partial charge >= 0.3 is 0 Å². The third-order valence-electron chi connectivity index (χ3n) is 4.85. The molecule has 0 aliphatic heterocycles. The molecular weight excluding hydrogens is 254 g/mol. The molecule has 1 aliphatic carbocycles. The van der Waals surface area contributed by atoms with Crippen molar-refractivity contribution in [2.24, 2.45) is 0 Å². The van der Waals surface area contributed by atoms with Crippen LogP contribution in [0.25, 0.3) is 0 Å². The van der Waals surface area contributed by atoms with Gasteiger partial charge in [-0.05, 0) is 67.9 Å². The molecule has 21 heavy (non-hydrogen) atoms. The molecule has 0 saturated heterocycles. The minimum Gasteiger partial charge on any atom is -0.303 e. The minimum atomic E-state index is 0.389. The molecule has 2 atom stereocenters. The van der Waals surface area contributed by atoms with E-state index >= 15 is 0 Å². The van der Waals surface area contributed by atoms with Gasteiger partial charge in [0.25, 0.3) is 0 Å². The second-order valence-electron chi connectivity index (χ2n) is 6.38. The molecule has 0 saturated carbocycles. The van der Waals surface area contributed by atoms with E-state index in [2.05, 4.69) is 68.6 Å². The summed E-state index contributed by atoms with van der Waals surface area (Å²) in [6, 6.07) is 16.6. The zero-order chi connectivity index (χ0) is 14.8. The van der Waals surface area contributed by atoms with E-state index in [1.807, 2.05) is 0 Å². The maximum Gasteiger partial charge on any atom is 0.0328 e. The predicted molar refractivity (Wildman–Crippen MR) is 89.6 cm³/mol. The van der Waals surface area contributed by atoms with E-state index in [1.54, 1.807) is 0 Å². The zero-order valence-corrected chi connectivity index (χ0v) is 13.3. The summed E-state index contributed by atoms with van der Waals surface area (Å²) in [6.07, 6.45) is 3.76. The van der Waals surface area contributed by atoms with Gasteiger partial charge in [-0.2, -0.15) is 0 Å². The standard InChI is InChI=1S/C20H25N/c1-14-11-12-18(13-15(14)2)16(3)21-20-10-6-8-17-7-4-5-9-19(17)20/h4-5,7,9,11-13,16,20-21H,6,8,10H2,1-3H3. The third-order valence-corrected chi connectivity index (χ3v) is 4.85. The van der Waals surface area contributed by atoms with E-state index < -0.39 is 0 Å². The maximum atomic E-state index is 3.84. The summed E-state index contributed by atoms with van der Waals surface area (Å²) in [5, 5.41) is 3.84.